The van der Waals surface area contributed by atoms with Crippen molar-refractivity contribution in [1.82, 2.24) is 14.6 Å². The Morgan fingerprint density at radius 2 is 2.14 bits per heavy atom. The summed E-state index contributed by atoms with van der Waals surface area (Å²) in [5.74, 6) is 0. The molecule has 0 saturated carbocycles. The molecule has 2 unspecified atom stereocenters. The molecule has 1 N–H and O–H groups in total. The van der Waals surface area contributed by atoms with E-state index in [1.807, 2.05) is 6.07 Å². The minimum Gasteiger partial charge on any atom is -0.312 e. The summed E-state index contributed by atoms with van der Waals surface area (Å²) in [7, 11) is -3.45. The Bertz CT molecular complexity index is 785. The Morgan fingerprint density at radius 1 is 1.24 bits per heavy atom. The van der Waals surface area contributed by atoms with E-state index >= 15 is 0 Å². The van der Waals surface area contributed by atoms with Crippen LogP contribution in [0.5, 0.6) is 0 Å². The van der Waals surface area contributed by atoms with Gasteiger partial charge in [0.05, 0.1) is 4.90 Å². The molecular weight excluding hydrogens is 286 g/mol. The third kappa shape index (κ3) is 1.97. The molecule has 2 aliphatic rings. The predicted octanol–water partition coefficient (Wildman–Crippen LogP) is 1.36. The molecule has 2 fully saturated rings. The van der Waals surface area contributed by atoms with Gasteiger partial charge in [0.2, 0.25) is 10.0 Å². The lowest BCUT2D eigenvalue weighted by molar-refractivity contribution is 0.386. The molecule has 0 bridgehead atoms. The smallest absolute Gasteiger partial charge is 0.243 e. The van der Waals surface area contributed by atoms with E-state index in [0.717, 1.165) is 30.2 Å². The molecular formula is C15H17N3O2S. The molecule has 21 heavy (non-hydrogen) atoms. The normalized spacial score (nSPS) is 26.3. The highest BCUT2D eigenvalue weighted by Gasteiger charge is 2.44. The van der Waals surface area contributed by atoms with Crippen LogP contribution in [0, 0.1) is 0 Å². The molecule has 2 atom stereocenters. The molecule has 2 aromatic rings. The van der Waals surface area contributed by atoms with Gasteiger partial charge in [0.15, 0.2) is 0 Å². The number of aromatic nitrogens is 1. The van der Waals surface area contributed by atoms with Crippen molar-refractivity contribution < 1.29 is 8.42 Å². The number of rotatable bonds is 2. The van der Waals surface area contributed by atoms with Gasteiger partial charge in [-0.1, -0.05) is 12.1 Å². The van der Waals surface area contributed by atoms with Gasteiger partial charge < -0.3 is 5.32 Å². The summed E-state index contributed by atoms with van der Waals surface area (Å²) in [4.78, 5) is 4.47. The highest BCUT2D eigenvalue weighted by molar-refractivity contribution is 7.89. The maximum Gasteiger partial charge on any atom is 0.243 e. The fourth-order valence-electron chi connectivity index (χ4n) is 3.57. The van der Waals surface area contributed by atoms with E-state index in [1.165, 1.54) is 0 Å². The molecule has 4 rings (SSSR count). The Hall–Kier alpha value is -1.50. The van der Waals surface area contributed by atoms with Crippen LogP contribution in [0.15, 0.2) is 41.6 Å². The van der Waals surface area contributed by atoms with Crippen LogP contribution in [0.2, 0.25) is 0 Å². The summed E-state index contributed by atoms with van der Waals surface area (Å²) in [5, 5.41) is 5.00. The summed E-state index contributed by atoms with van der Waals surface area (Å²) in [6.07, 6.45) is 5.15. The number of sulfonamides is 1. The number of pyridine rings is 1. The number of hydrogen-bond donors (Lipinski definition) is 1. The van der Waals surface area contributed by atoms with Gasteiger partial charge in [0.1, 0.15) is 0 Å². The number of nitrogens with one attached hydrogen (secondary N) is 1. The van der Waals surface area contributed by atoms with E-state index < -0.39 is 10.0 Å². The average molecular weight is 303 g/mol. The Labute approximate surface area is 124 Å². The molecule has 2 saturated heterocycles. The quantitative estimate of drug-likeness (QED) is 0.910. The molecule has 5 nitrogen and oxygen atoms in total. The van der Waals surface area contributed by atoms with Gasteiger partial charge >= 0.3 is 0 Å². The van der Waals surface area contributed by atoms with Crippen LogP contribution in [-0.2, 0) is 10.0 Å². The van der Waals surface area contributed by atoms with Gasteiger partial charge in [-0.15, -0.1) is 0 Å². The first kappa shape index (κ1) is 13.2. The summed E-state index contributed by atoms with van der Waals surface area (Å²) >= 11 is 0. The van der Waals surface area contributed by atoms with Gasteiger partial charge in [0, 0.05) is 41.8 Å². The van der Waals surface area contributed by atoms with Gasteiger partial charge in [-0.25, -0.2) is 8.42 Å². The maximum atomic E-state index is 13.1. The summed E-state index contributed by atoms with van der Waals surface area (Å²) in [5.41, 5.74) is 0. The van der Waals surface area contributed by atoms with Gasteiger partial charge in [-0.2, -0.15) is 4.31 Å². The first-order valence-electron chi connectivity index (χ1n) is 7.26. The van der Waals surface area contributed by atoms with Gasteiger partial charge in [0.25, 0.3) is 0 Å². The lowest BCUT2D eigenvalue weighted by atomic mass is 10.1. The van der Waals surface area contributed by atoms with Crippen LogP contribution >= 0.6 is 0 Å². The molecule has 0 aliphatic carbocycles. The molecule has 2 aliphatic heterocycles. The molecule has 0 amide bonds. The van der Waals surface area contributed by atoms with Crippen molar-refractivity contribution in [3.63, 3.8) is 0 Å². The van der Waals surface area contributed by atoms with Crippen LogP contribution in [0.1, 0.15) is 12.8 Å². The lowest BCUT2D eigenvalue weighted by Crippen LogP contribution is -2.38. The molecule has 110 valence electrons. The highest BCUT2D eigenvalue weighted by Crippen LogP contribution is 2.33. The van der Waals surface area contributed by atoms with Crippen LogP contribution in [0.4, 0.5) is 0 Å². The van der Waals surface area contributed by atoms with Crippen LogP contribution in [0.3, 0.4) is 0 Å². The number of hydrogen-bond acceptors (Lipinski definition) is 4. The van der Waals surface area contributed by atoms with Crippen molar-refractivity contribution in [2.24, 2.45) is 0 Å². The molecule has 1 aromatic heterocycles. The molecule has 0 radical (unpaired) electrons. The zero-order chi connectivity index (χ0) is 14.4. The maximum absolute atomic E-state index is 13.1. The Balaban J connectivity index is 1.84. The monoisotopic (exact) mass is 303 g/mol. The fourth-order valence-corrected chi connectivity index (χ4v) is 5.49. The number of benzene rings is 1. The lowest BCUT2D eigenvalue weighted by Gasteiger charge is -2.23. The van der Waals surface area contributed by atoms with Crippen molar-refractivity contribution in [3.05, 3.63) is 36.7 Å². The fraction of sp³-hybridized carbons (Fsp3) is 0.400. The first-order chi connectivity index (χ1) is 10.2. The van der Waals surface area contributed by atoms with Crippen molar-refractivity contribution >= 4 is 20.8 Å². The third-order valence-electron chi connectivity index (χ3n) is 4.57. The zero-order valence-corrected chi connectivity index (χ0v) is 12.4. The predicted molar refractivity (Wildman–Crippen MR) is 80.4 cm³/mol. The summed E-state index contributed by atoms with van der Waals surface area (Å²) in [6, 6.07) is 7.59. The average Bonchev–Trinajstić information content (AvgIpc) is 3.09. The van der Waals surface area contributed by atoms with Gasteiger partial charge in [-0.3, -0.25) is 4.98 Å². The van der Waals surface area contributed by atoms with Crippen molar-refractivity contribution in [2.75, 3.05) is 13.1 Å². The molecule has 0 spiro atoms. The summed E-state index contributed by atoms with van der Waals surface area (Å²) < 4.78 is 27.8. The Morgan fingerprint density at radius 3 is 3.05 bits per heavy atom. The van der Waals surface area contributed by atoms with E-state index in [1.54, 1.807) is 34.9 Å². The standard InChI is InChI=1S/C15H17N3O2S/c19-21(20,18-9-6-13-14(18)5-8-17-13)15-3-1-2-11-10-16-7-4-12(11)15/h1-4,7,10,13-14,17H,5-6,8-9H2. The van der Waals surface area contributed by atoms with E-state index in [9.17, 15) is 8.42 Å². The minimum atomic E-state index is -3.45. The van der Waals surface area contributed by atoms with Crippen LogP contribution in [-0.4, -0.2) is 42.9 Å². The molecule has 1 aromatic carbocycles. The molecule has 6 heteroatoms. The summed E-state index contributed by atoms with van der Waals surface area (Å²) in [6.45, 7) is 1.51. The topological polar surface area (TPSA) is 62.3 Å². The van der Waals surface area contributed by atoms with Gasteiger partial charge in [-0.05, 0) is 31.5 Å². The van der Waals surface area contributed by atoms with E-state index in [0.29, 0.717) is 17.5 Å². The first-order valence-corrected chi connectivity index (χ1v) is 8.70. The van der Waals surface area contributed by atoms with Crippen LogP contribution in [0.25, 0.3) is 10.8 Å². The number of fused-ring (bicyclic) bond motifs is 2. The van der Waals surface area contributed by atoms with E-state index in [4.69, 9.17) is 0 Å². The van der Waals surface area contributed by atoms with E-state index in [2.05, 4.69) is 10.3 Å². The largest absolute Gasteiger partial charge is 0.312 e. The zero-order valence-electron chi connectivity index (χ0n) is 11.6. The minimum absolute atomic E-state index is 0.104. The second-order valence-corrected chi connectivity index (χ2v) is 7.53. The molecule has 3 heterocycles. The highest BCUT2D eigenvalue weighted by atomic mass is 32.2. The second-order valence-electron chi connectivity index (χ2n) is 5.67. The van der Waals surface area contributed by atoms with Crippen molar-refractivity contribution in [3.8, 4) is 0 Å². The van der Waals surface area contributed by atoms with E-state index in [-0.39, 0.29) is 6.04 Å². The van der Waals surface area contributed by atoms with Crippen molar-refractivity contribution in [2.45, 2.75) is 29.8 Å². The second kappa shape index (κ2) is 4.76. The van der Waals surface area contributed by atoms with Crippen LogP contribution < -0.4 is 5.32 Å². The van der Waals surface area contributed by atoms with Crippen molar-refractivity contribution in [1.29, 1.82) is 0 Å². The number of nitrogens with zero attached hydrogens (tertiary/aromatic N) is 2. The Kier molecular flexibility index (Phi) is 2.99. The third-order valence-corrected chi connectivity index (χ3v) is 6.55. The SMILES string of the molecule is O=S(=O)(c1cccc2cnccc12)N1CCC2NCCC21.